The number of nitrogens with zero attached hydrogens (tertiary/aromatic N) is 3. The molecule has 0 bridgehead atoms. The first-order valence-corrected chi connectivity index (χ1v) is 6.05. The Morgan fingerprint density at radius 2 is 2.15 bits per heavy atom. The number of fused-ring (bicyclic) bond motifs is 1. The van der Waals surface area contributed by atoms with Gasteiger partial charge in [-0.1, -0.05) is 12.1 Å². The van der Waals surface area contributed by atoms with Crippen LogP contribution in [-0.2, 0) is 6.54 Å². The number of ether oxygens (including phenoxy) is 1. The molecule has 0 spiro atoms. The van der Waals surface area contributed by atoms with E-state index >= 15 is 0 Å². The summed E-state index contributed by atoms with van der Waals surface area (Å²) in [5.41, 5.74) is 0.624. The molecule has 3 aromatic rings. The van der Waals surface area contributed by atoms with Gasteiger partial charge in [-0.15, -0.1) is 5.10 Å². The summed E-state index contributed by atoms with van der Waals surface area (Å²) in [5.74, 6) is 0.0157. The Labute approximate surface area is 113 Å². The summed E-state index contributed by atoms with van der Waals surface area (Å²) in [6.45, 7) is 0.0797. The number of pyridine rings is 1. The summed E-state index contributed by atoms with van der Waals surface area (Å²) >= 11 is 0. The highest BCUT2D eigenvalue weighted by Crippen LogP contribution is 2.16. The van der Waals surface area contributed by atoms with Crippen molar-refractivity contribution in [1.29, 1.82) is 0 Å². The fourth-order valence-corrected chi connectivity index (χ4v) is 2.02. The van der Waals surface area contributed by atoms with Crippen LogP contribution in [0, 0.1) is 5.82 Å². The zero-order valence-electron chi connectivity index (χ0n) is 10.8. The Balaban J connectivity index is 2.01. The molecule has 0 saturated heterocycles. The Bertz CT molecular complexity index is 823. The van der Waals surface area contributed by atoms with Gasteiger partial charge < -0.3 is 4.74 Å². The van der Waals surface area contributed by atoms with Crippen LogP contribution in [-0.4, -0.2) is 21.3 Å². The Morgan fingerprint density at radius 3 is 2.85 bits per heavy atom. The van der Waals surface area contributed by atoms with Crippen molar-refractivity contribution >= 4 is 5.65 Å². The normalized spacial score (nSPS) is 10.9. The average Bonchev–Trinajstić information content (AvgIpc) is 2.78. The van der Waals surface area contributed by atoms with E-state index in [1.807, 2.05) is 0 Å². The molecule has 0 radical (unpaired) electrons. The molecular formula is C14H12FN3O2. The first-order valence-electron chi connectivity index (χ1n) is 6.05. The van der Waals surface area contributed by atoms with Gasteiger partial charge in [0, 0.05) is 17.8 Å². The van der Waals surface area contributed by atoms with Crippen LogP contribution in [0.25, 0.3) is 5.65 Å². The molecular weight excluding hydrogens is 261 g/mol. The summed E-state index contributed by atoms with van der Waals surface area (Å²) in [4.78, 5) is 12.1. The second-order valence-electron chi connectivity index (χ2n) is 4.33. The van der Waals surface area contributed by atoms with Crippen molar-refractivity contribution in [3.63, 3.8) is 0 Å². The van der Waals surface area contributed by atoms with Crippen molar-refractivity contribution < 1.29 is 9.13 Å². The predicted molar refractivity (Wildman–Crippen MR) is 71.5 cm³/mol. The van der Waals surface area contributed by atoms with Crippen LogP contribution in [0.2, 0.25) is 0 Å². The van der Waals surface area contributed by atoms with Crippen molar-refractivity contribution in [3.8, 4) is 5.75 Å². The molecule has 0 atom stereocenters. The van der Waals surface area contributed by atoms with Gasteiger partial charge in [0.05, 0.1) is 13.7 Å². The lowest BCUT2D eigenvalue weighted by Crippen LogP contribution is -2.22. The van der Waals surface area contributed by atoms with Gasteiger partial charge in [-0.3, -0.25) is 4.40 Å². The monoisotopic (exact) mass is 273 g/mol. The molecule has 0 unspecified atom stereocenters. The lowest BCUT2D eigenvalue weighted by molar-refractivity contribution is 0.410. The number of rotatable bonds is 3. The minimum Gasteiger partial charge on any atom is -0.497 e. The quantitative estimate of drug-likeness (QED) is 0.729. The fourth-order valence-electron chi connectivity index (χ4n) is 2.02. The highest BCUT2D eigenvalue weighted by molar-refractivity contribution is 5.36. The third-order valence-corrected chi connectivity index (χ3v) is 3.07. The summed E-state index contributed by atoms with van der Waals surface area (Å²) in [6, 6.07) is 9.79. The van der Waals surface area contributed by atoms with E-state index in [9.17, 15) is 9.18 Å². The highest BCUT2D eigenvalue weighted by atomic mass is 19.1. The maximum Gasteiger partial charge on any atom is 0.350 e. The number of hydrogen-bond donors (Lipinski definition) is 0. The van der Waals surface area contributed by atoms with Crippen LogP contribution in [0.5, 0.6) is 5.75 Å². The molecule has 0 saturated carbocycles. The van der Waals surface area contributed by atoms with Gasteiger partial charge >= 0.3 is 5.69 Å². The van der Waals surface area contributed by atoms with Crippen LogP contribution in [0.1, 0.15) is 5.56 Å². The van der Waals surface area contributed by atoms with Crippen LogP contribution >= 0.6 is 0 Å². The van der Waals surface area contributed by atoms with Gasteiger partial charge in [-0.05, 0) is 18.2 Å². The van der Waals surface area contributed by atoms with Crippen LogP contribution in [0.15, 0.2) is 47.4 Å². The molecule has 0 aliphatic heterocycles. The topological polar surface area (TPSA) is 48.5 Å². The van der Waals surface area contributed by atoms with Gasteiger partial charge in [-0.25, -0.2) is 13.9 Å². The molecule has 3 rings (SSSR count). The smallest absolute Gasteiger partial charge is 0.350 e. The SMILES string of the molecule is COc1ccc(Cn2nc3ccccn3c2=O)c(F)c1. The molecule has 20 heavy (non-hydrogen) atoms. The second-order valence-corrected chi connectivity index (χ2v) is 4.33. The molecule has 6 heteroatoms. The van der Waals surface area contributed by atoms with E-state index < -0.39 is 5.82 Å². The maximum atomic E-state index is 13.9. The molecule has 102 valence electrons. The van der Waals surface area contributed by atoms with Crippen LogP contribution in [0.3, 0.4) is 0 Å². The number of methoxy groups -OCH3 is 1. The Hall–Kier alpha value is -2.63. The van der Waals surface area contributed by atoms with Gasteiger partial charge in [-0.2, -0.15) is 0 Å². The van der Waals surface area contributed by atoms with Gasteiger partial charge in [0.25, 0.3) is 0 Å². The molecule has 0 aliphatic rings. The summed E-state index contributed by atoms with van der Waals surface area (Å²) in [7, 11) is 1.47. The Morgan fingerprint density at radius 1 is 1.30 bits per heavy atom. The molecule has 0 N–H and O–H groups in total. The largest absolute Gasteiger partial charge is 0.497 e. The van der Waals surface area contributed by atoms with E-state index in [1.165, 1.54) is 22.3 Å². The number of hydrogen-bond acceptors (Lipinski definition) is 3. The molecule has 2 heterocycles. The van der Waals surface area contributed by atoms with E-state index in [0.29, 0.717) is 17.0 Å². The van der Waals surface area contributed by atoms with E-state index in [4.69, 9.17) is 4.74 Å². The minimum atomic E-state index is -0.423. The molecule has 1 aromatic carbocycles. The van der Waals surface area contributed by atoms with Crippen molar-refractivity contribution in [2.24, 2.45) is 0 Å². The molecule has 0 aliphatic carbocycles. The van der Waals surface area contributed by atoms with Gasteiger partial charge in [0.2, 0.25) is 0 Å². The Kier molecular flexibility index (Phi) is 2.98. The van der Waals surface area contributed by atoms with Crippen molar-refractivity contribution in [3.05, 3.63) is 64.5 Å². The summed E-state index contributed by atoms with van der Waals surface area (Å²) < 4.78 is 21.5. The first kappa shape index (κ1) is 12.4. The predicted octanol–water partition coefficient (Wildman–Crippen LogP) is 1.69. The summed E-state index contributed by atoms with van der Waals surface area (Å²) in [6.07, 6.45) is 1.63. The van der Waals surface area contributed by atoms with E-state index in [1.54, 1.807) is 36.5 Å². The molecule has 0 fully saturated rings. The third-order valence-electron chi connectivity index (χ3n) is 3.07. The summed E-state index contributed by atoms with van der Waals surface area (Å²) in [5, 5.41) is 4.16. The first-order chi connectivity index (χ1) is 9.69. The maximum absolute atomic E-state index is 13.9. The fraction of sp³-hybridized carbons (Fsp3) is 0.143. The van der Waals surface area contributed by atoms with Crippen LogP contribution < -0.4 is 10.4 Å². The van der Waals surface area contributed by atoms with E-state index in [0.717, 1.165) is 0 Å². The average molecular weight is 273 g/mol. The molecule has 5 nitrogen and oxygen atoms in total. The molecule has 0 amide bonds. The third kappa shape index (κ3) is 2.05. The number of aromatic nitrogens is 3. The molecule has 2 aromatic heterocycles. The van der Waals surface area contributed by atoms with Crippen molar-refractivity contribution in [2.75, 3.05) is 7.11 Å². The lowest BCUT2D eigenvalue weighted by Gasteiger charge is -2.04. The van der Waals surface area contributed by atoms with Crippen molar-refractivity contribution in [1.82, 2.24) is 14.2 Å². The number of halogens is 1. The van der Waals surface area contributed by atoms with Crippen molar-refractivity contribution in [2.45, 2.75) is 6.54 Å². The zero-order valence-corrected chi connectivity index (χ0v) is 10.8. The van der Waals surface area contributed by atoms with Gasteiger partial charge in [0.15, 0.2) is 5.65 Å². The van der Waals surface area contributed by atoms with E-state index in [2.05, 4.69) is 5.10 Å². The second kappa shape index (κ2) is 4.80. The van der Waals surface area contributed by atoms with Gasteiger partial charge in [0.1, 0.15) is 11.6 Å². The number of benzene rings is 1. The minimum absolute atomic E-state index is 0.0797. The standard InChI is InChI=1S/C14H12FN3O2/c1-20-11-6-5-10(12(15)8-11)9-18-14(19)17-7-3-2-4-13(17)16-18/h2-8H,9H2,1H3. The van der Waals surface area contributed by atoms with Crippen LogP contribution in [0.4, 0.5) is 4.39 Å². The van der Waals surface area contributed by atoms with E-state index in [-0.39, 0.29) is 12.2 Å². The lowest BCUT2D eigenvalue weighted by atomic mass is 10.2. The zero-order chi connectivity index (χ0) is 14.1. The highest BCUT2D eigenvalue weighted by Gasteiger charge is 2.10.